The molecule has 0 N–H and O–H groups in total. The zero-order chi connectivity index (χ0) is 13.0. The molecule has 1 atom stereocenters. The second-order valence-electron chi connectivity index (χ2n) is 4.53. The molecule has 96 valence electrons. The van der Waals surface area contributed by atoms with Crippen LogP contribution in [-0.2, 0) is 6.54 Å². The van der Waals surface area contributed by atoms with Gasteiger partial charge in [-0.25, -0.2) is 0 Å². The minimum atomic E-state index is -0.0531. The third-order valence-corrected chi connectivity index (χ3v) is 4.28. The molecule has 3 heteroatoms. The van der Waals surface area contributed by atoms with Gasteiger partial charge in [-0.3, -0.25) is 4.79 Å². The van der Waals surface area contributed by atoms with Crippen LogP contribution >= 0.6 is 15.9 Å². The van der Waals surface area contributed by atoms with Gasteiger partial charge < -0.3 is 4.57 Å². The Morgan fingerprint density at radius 2 is 2.06 bits per heavy atom. The maximum Gasteiger partial charge on any atom is 0.178 e. The molecule has 0 saturated heterocycles. The van der Waals surface area contributed by atoms with Crippen molar-refractivity contribution < 1.29 is 4.79 Å². The van der Waals surface area contributed by atoms with Gasteiger partial charge in [0.2, 0.25) is 0 Å². The van der Waals surface area contributed by atoms with E-state index < -0.39 is 0 Å². The molecule has 1 aromatic rings. The van der Waals surface area contributed by atoms with E-state index in [2.05, 4.69) is 34.3 Å². The summed E-state index contributed by atoms with van der Waals surface area (Å²) in [7, 11) is 0. The molecule has 0 aliphatic rings. The van der Waals surface area contributed by atoms with Crippen molar-refractivity contribution in [3.63, 3.8) is 0 Å². The Labute approximate surface area is 113 Å². The summed E-state index contributed by atoms with van der Waals surface area (Å²) in [5.74, 6) is 0.211. The third-order valence-electron chi connectivity index (χ3n) is 3.22. The van der Waals surface area contributed by atoms with Gasteiger partial charge in [0.1, 0.15) is 0 Å². The largest absolute Gasteiger partial charge is 0.348 e. The van der Waals surface area contributed by atoms with Crippen molar-refractivity contribution in [1.82, 2.24) is 4.57 Å². The molecule has 1 rings (SSSR count). The van der Waals surface area contributed by atoms with Gasteiger partial charge in [-0.1, -0.05) is 36.2 Å². The first-order chi connectivity index (χ1) is 8.02. The Balaban J connectivity index is 2.99. The molecule has 0 aliphatic heterocycles. The molecular formula is C14H22BrNO. The first-order valence-electron chi connectivity index (χ1n) is 6.37. The van der Waals surface area contributed by atoms with Gasteiger partial charge in [0, 0.05) is 23.5 Å². The molecule has 1 unspecified atom stereocenters. The van der Waals surface area contributed by atoms with Crippen LogP contribution in [0.25, 0.3) is 0 Å². The fourth-order valence-electron chi connectivity index (χ4n) is 2.07. The van der Waals surface area contributed by atoms with Crippen molar-refractivity contribution in [1.29, 1.82) is 0 Å². The molecule has 0 bridgehead atoms. The van der Waals surface area contributed by atoms with E-state index in [4.69, 9.17) is 0 Å². The monoisotopic (exact) mass is 299 g/mol. The second kappa shape index (κ2) is 6.39. The highest BCUT2D eigenvalue weighted by molar-refractivity contribution is 9.10. The second-order valence-corrected chi connectivity index (χ2v) is 5.64. The molecule has 1 heterocycles. The highest BCUT2D eigenvalue weighted by Gasteiger charge is 2.20. The van der Waals surface area contributed by atoms with Gasteiger partial charge in [-0.15, -0.1) is 0 Å². The number of aryl methyl sites for hydroxylation is 1. The molecule has 2 nitrogen and oxygen atoms in total. The average Bonchev–Trinajstić information content (AvgIpc) is 2.60. The van der Waals surface area contributed by atoms with Crippen molar-refractivity contribution >= 4 is 21.7 Å². The summed E-state index contributed by atoms with van der Waals surface area (Å²) in [4.78, 5) is 12.1. The first-order valence-corrected chi connectivity index (χ1v) is 7.29. The Morgan fingerprint density at radius 3 is 2.59 bits per heavy atom. The lowest BCUT2D eigenvalue weighted by molar-refractivity contribution is 0.0989. The van der Waals surface area contributed by atoms with E-state index in [1.165, 1.54) is 12.1 Å². The normalized spacial score (nSPS) is 12.8. The van der Waals surface area contributed by atoms with E-state index in [9.17, 15) is 4.79 Å². The molecule has 0 amide bonds. The Morgan fingerprint density at radius 1 is 1.41 bits per heavy atom. The minimum Gasteiger partial charge on any atom is -0.348 e. The van der Waals surface area contributed by atoms with Crippen LogP contribution in [0.3, 0.4) is 0 Å². The predicted molar refractivity (Wildman–Crippen MR) is 76.2 cm³/mol. The lowest BCUT2D eigenvalue weighted by Gasteiger charge is -2.09. The molecule has 0 fully saturated rings. The number of nitrogens with zero attached hydrogens (tertiary/aromatic N) is 1. The van der Waals surface area contributed by atoms with Gasteiger partial charge in [0.15, 0.2) is 5.78 Å². The average molecular weight is 300 g/mol. The molecule has 0 spiro atoms. The fraction of sp³-hybridized carbons (Fsp3) is 0.643. The van der Waals surface area contributed by atoms with Gasteiger partial charge in [-0.2, -0.15) is 0 Å². The molecule has 0 aromatic carbocycles. The smallest absolute Gasteiger partial charge is 0.178 e. The highest BCUT2D eigenvalue weighted by atomic mass is 79.9. The highest BCUT2D eigenvalue weighted by Crippen LogP contribution is 2.21. The summed E-state index contributed by atoms with van der Waals surface area (Å²) in [6, 6.07) is 2.03. The number of ketones is 1. The number of alkyl halides is 1. The summed E-state index contributed by atoms with van der Waals surface area (Å²) < 4.78 is 2.26. The third kappa shape index (κ3) is 3.21. The Kier molecular flexibility index (Phi) is 5.44. The van der Waals surface area contributed by atoms with Crippen LogP contribution in [0.15, 0.2) is 6.07 Å². The van der Waals surface area contributed by atoms with Crippen molar-refractivity contribution in [3.05, 3.63) is 23.0 Å². The van der Waals surface area contributed by atoms with Gasteiger partial charge >= 0.3 is 0 Å². The lowest BCUT2D eigenvalue weighted by Crippen LogP contribution is -2.14. The van der Waals surface area contributed by atoms with E-state index >= 15 is 0 Å². The quantitative estimate of drug-likeness (QED) is 0.568. The van der Waals surface area contributed by atoms with E-state index in [0.29, 0.717) is 0 Å². The number of rotatable bonds is 6. The fourth-order valence-corrected chi connectivity index (χ4v) is 2.31. The van der Waals surface area contributed by atoms with E-state index in [1.54, 1.807) is 0 Å². The number of Topliss-reactive ketones (excluding diaryl/α,β-unsaturated/α-hetero) is 1. The van der Waals surface area contributed by atoms with Crippen LogP contribution in [0, 0.1) is 13.8 Å². The van der Waals surface area contributed by atoms with Gasteiger partial charge in [0.25, 0.3) is 0 Å². The number of hydrogen-bond acceptors (Lipinski definition) is 1. The molecule has 0 aliphatic carbocycles. The number of aromatic nitrogens is 1. The standard InChI is InChI=1S/C14H22BrNO/c1-5-7-8-16-10(3)9-12(11(16)4)14(17)13(15)6-2/h9,13H,5-8H2,1-4H3. The maximum atomic E-state index is 12.2. The topological polar surface area (TPSA) is 22.0 Å². The summed E-state index contributed by atoms with van der Waals surface area (Å²) in [6.07, 6.45) is 3.17. The number of carbonyl (C=O) groups excluding carboxylic acids is 1. The first kappa shape index (κ1) is 14.5. The van der Waals surface area contributed by atoms with E-state index in [0.717, 1.165) is 30.6 Å². The molecular weight excluding hydrogens is 278 g/mol. The molecule has 0 saturated carbocycles. The summed E-state index contributed by atoms with van der Waals surface area (Å²) in [5, 5.41) is 0. The maximum absolute atomic E-state index is 12.2. The number of hydrogen-bond donors (Lipinski definition) is 0. The predicted octanol–water partition coefficient (Wildman–Crippen LogP) is 4.26. The van der Waals surface area contributed by atoms with Crippen LogP contribution in [0.5, 0.6) is 0 Å². The van der Waals surface area contributed by atoms with E-state index in [-0.39, 0.29) is 10.6 Å². The van der Waals surface area contributed by atoms with Crippen molar-refractivity contribution in [2.24, 2.45) is 0 Å². The number of halogens is 1. The SMILES string of the molecule is CCCCn1c(C)cc(C(=O)C(Br)CC)c1C. The van der Waals surface area contributed by atoms with Crippen LogP contribution in [0.1, 0.15) is 54.9 Å². The van der Waals surface area contributed by atoms with E-state index in [1.807, 2.05) is 19.9 Å². The van der Waals surface area contributed by atoms with Gasteiger partial charge in [0.05, 0.1) is 4.83 Å². The van der Waals surface area contributed by atoms with Crippen LogP contribution in [0.4, 0.5) is 0 Å². The number of carbonyl (C=O) groups is 1. The van der Waals surface area contributed by atoms with Crippen molar-refractivity contribution in [3.8, 4) is 0 Å². The van der Waals surface area contributed by atoms with Crippen molar-refractivity contribution in [2.45, 2.75) is 58.3 Å². The summed E-state index contributed by atoms with van der Waals surface area (Å²) >= 11 is 3.44. The molecule has 17 heavy (non-hydrogen) atoms. The zero-order valence-electron chi connectivity index (χ0n) is 11.2. The number of unbranched alkanes of at least 4 members (excludes halogenated alkanes) is 1. The Bertz CT molecular complexity index is 395. The van der Waals surface area contributed by atoms with Gasteiger partial charge in [-0.05, 0) is 32.8 Å². The Hall–Kier alpha value is -0.570. The lowest BCUT2D eigenvalue weighted by atomic mass is 10.1. The summed E-state index contributed by atoms with van der Waals surface area (Å²) in [5.41, 5.74) is 3.18. The molecule has 1 aromatic heterocycles. The minimum absolute atomic E-state index is 0.0531. The van der Waals surface area contributed by atoms with Crippen LogP contribution in [0.2, 0.25) is 0 Å². The van der Waals surface area contributed by atoms with Crippen LogP contribution < -0.4 is 0 Å². The summed E-state index contributed by atoms with van der Waals surface area (Å²) in [6.45, 7) is 9.35. The molecule has 0 radical (unpaired) electrons. The van der Waals surface area contributed by atoms with Crippen LogP contribution in [-0.4, -0.2) is 15.2 Å². The van der Waals surface area contributed by atoms with Crippen molar-refractivity contribution in [2.75, 3.05) is 0 Å². The zero-order valence-corrected chi connectivity index (χ0v) is 12.8.